The molecule has 1 aliphatic heterocycles. The lowest BCUT2D eigenvalue weighted by atomic mass is 9.88. The van der Waals surface area contributed by atoms with Gasteiger partial charge in [-0.15, -0.1) is 0 Å². The molecule has 1 N–H and O–H groups in total. The summed E-state index contributed by atoms with van der Waals surface area (Å²) < 4.78 is 41.5. The van der Waals surface area contributed by atoms with E-state index in [0.717, 1.165) is 5.56 Å². The molecule has 3 rings (SSSR count). The maximum absolute atomic E-state index is 13.6. The first kappa shape index (κ1) is 11.7. The highest BCUT2D eigenvalue weighted by atomic mass is 79.9. The molecule has 1 aliphatic rings. The third kappa shape index (κ3) is 2.50. The largest absolute Gasteiger partial charge is 0.486 e. The van der Waals surface area contributed by atoms with Crippen LogP contribution in [0.4, 0.5) is 4.39 Å². The van der Waals surface area contributed by atoms with Gasteiger partial charge in [-0.1, -0.05) is 46.3 Å². The van der Waals surface area contributed by atoms with Crippen LogP contribution in [-0.2, 0) is 0 Å². The number of fused-ring (bicyclic) bond motifs is 1. The normalized spacial score (nSPS) is 22.0. The Kier molecular flexibility index (Phi) is 3.22. The maximum atomic E-state index is 13.6. The molecule has 22 heavy (non-hydrogen) atoms. The van der Waals surface area contributed by atoms with Gasteiger partial charge in [0.25, 0.3) is 5.91 Å². The van der Waals surface area contributed by atoms with E-state index in [-0.39, 0.29) is 17.2 Å². The molecule has 0 spiro atoms. The second kappa shape index (κ2) is 6.08. The van der Waals surface area contributed by atoms with Crippen LogP contribution in [0.5, 0.6) is 5.75 Å². The standard InChI is InChI=1S/C17H15BrFNO2/c1-20-17(21)13-8-11(18)7-12-15(10-5-3-2-4-6-10)14(9-19)22-16(12)13/h2-8,14-15H,9H2,1H3,(H,20,21)/t14-,15+/m0/s1/i1D3. The van der Waals surface area contributed by atoms with Crippen molar-refractivity contribution in [2.24, 2.45) is 0 Å². The van der Waals surface area contributed by atoms with Crippen molar-refractivity contribution in [1.82, 2.24) is 5.32 Å². The number of rotatable bonds is 3. The number of halogens is 2. The second-order valence-electron chi connectivity index (χ2n) is 5.02. The quantitative estimate of drug-likeness (QED) is 0.899. The third-order valence-corrected chi connectivity index (χ3v) is 4.19. The average molecular weight is 367 g/mol. The summed E-state index contributed by atoms with van der Waals surface area (Å²) in [4.78, 5) is 12.3. The van der Waals surface area contributed by atoms with Gasteiger partial charge in [-0.3, -0.25) is 4.79 Å². The van der Waals surface area contributed by atoms with E-state index in [0.29, 0.717) is 10.0 Å². The molecule has 0 aliphatic carbocycles. The summed E-state index contributed by atoms with van der Waals surface area (Å²) in [6, 6.07) is 12.5. The number of nitrogens with one attached hydrogen (secondary N) is 1. The Morgan fingerprint density at radius 3 is 2.86 bits per heavy atom. The molecule has 0 saturated carbocycles. The molecular weight excluding hydrogens is 349 g/mol. The highest BCUT2D eigenvalue weighted by Gasteiger charge is 2.38. The lowest BCUT2D eigenvalue weighted by molar-refractivity contribution is 0.0955. The zero-order valence-electron chi connectivity index (χ0n) is 14.5. The van der Waals surface area contributed by atoms with E-state index in [1.165, 1.54) is 6.07 Å². The molecule has 1 amide bonds. The summed E-state index contributed by atoms with van der Waals surface area (Å²) in [7, 11) is 0. The monoisotopic (exact) mass is 366 g/mol. The first-order valence-electron chi connectivity index (χ1n) is 8.23. The van der Waals surface area contributed by atoms with Crippen molar-refractivity contribution in [2.45, 2.75) is 12.0 Å². The number of hydrogen-bond donors (Lipinski definition) is 1. The van der Waals surface area contributed by atoms with Crippen molar-refractivity contribution in [2.75, 3.05) is 13.7 Å². The topological polar surface area (TPSA) is 38.3 Å². The van der Waals surface area contributed by atoms with E-state index in [1.807, 2.05) is 35.6 Å². The van der Waals surface area contributed by atoms with Gasteiger partial charge in [0.2, 0.25) is 0 Å². The van der Waals surface area contributed by atoms with Gasteiger partial charge in [-0.25, -0.2) is 4.39 Å². The van der Waals surface area contributed by atoms with E-state index < -0.39 is 25.7 Å². The highest BCUT2D eigenvalue weighted by Crippen LogP contribution is 2.45. The second-order valence-corrected chi connectivity index (χ2v) is 5.94. The molecule has 1 heterocycles. The number of amides is 1. The highest BCUT2D eigenvalue weighted by molar-refractivity contribution is 9.10. The summed E-state index contributed by atoms with van der Waals surface area (Å²) in [5.74, 6) is -0.941. The Hall–Kier alpha value is -1.88. The summed E-state index contributed by atoms with van der Waals surface area (Å²) in [5.41, 5.74) is 1.58. The fourth-order valence-electron chi connectivity index (χ4n) is 2.81. The zero-order chi connectivity index (χ0) is 18.2. The minimum absolute atomic E-state index is 0.0670. The van der Waals surface area contributed by atoms with Crippen LogP contribution >= 0.6 is 15.9 Å². The summed E-state index contributed by atoms with van der Waals surface area (Å²) in [5, 5.41) is 1.95. The van der Waals surface area contributed by atoms with Crippen molar-refractivity contribution in [1.29, 1.82) is 0 Å². The smallest absolute Gasteiger partial charge is 0.254 e. The van der Waals surface area contributed by atoms with Crippen LogP contribution in [0.15, 0.2) is 46.9 Å². The molecule has 114 valence electrons. The van der Waals surface area contributed by atoms with Crippen LogP contribution < -0.4 is 10.1 Å². The van der Waals surface area contributed by atoms with Gasteiger partial charge in [0.1, 0.15) is 18.5 Å². The molecule has 0 unspecified atom stereocenters. The van der Waals surface area contributed by atoms with Crippen LogP contribution in [0.2, 0.25) is 0 Å². The first-order chi connectivity index (χ1) is 11.8. The molecule has 2 aromatic carbocycles. The Labute approximate surface area is 140 Å². The number of hydrogen-bond acceptors (Lipinski definition) is 2. The van der Waals surface area contributed by atoms with Crippen LogP contribution in [0, 0.1) is 0 Å². The third-order valence-electron chi connectivity index (χ3n) is 3.73. The predicted molar refractivity (Wildman–Crippen MR) is 86.2 cm³/mol. The Bertz CT molecular complexity index is 798. The molecule has 2 atom stereocenters. The van der Waals surface area contributed by atoms with Crippen LogP contribution in [-0.4, -0.2) is 25.7 Å². The number of benzene rings is 2. The van der Waals surface area contributed by atoms with E-state index in [1.54, 1.807) is 6.07 Å². The lowest BCUT2D eigenvalue weighted by Crippen LogP contribution is -2.22. The average Bonchev–Trinajstić information content (AvgIpc) is 2.91. The minimum atomic E-state index is -2.62. The van der Waals surface area contributed by atoms with Crippen molar-refractivity contribution in [3.05, 3.63) is 63.6 Å². The Morgan fingerprint density at radius 1 is 1.41 bits per heavy atom. The van der Waals surface area contributed by atoms with Gasteiger partial charge in [-0.2, -0.15) is 0 Å². The fourth-order valence-corrected chi connectivity index (χ4v) is 3.28. The van der Waals surface area contributed by atoms with Crippen LogP contribution in [0.3, 0.4) is 0 Å². The van der Waals surface area contributed by atoms with Crippen LogP contribution in [0.25, 0.3) is 0 Å². The molecule has 2 aromatic rings. The SMILES string of the molecule is [2H]C([2H])([2H])NC(=O)c1cc(Br)cc2c1O[C@@H](CF)[C@@H]2c1ccccc1. The molecule has 0 bridgehead atoms. The molecule has 0 aromatic heterocycles. The van der Waals surface area contributed by atoms with Crippen molar-refractivity contribution in [3.8, 4) is 5.75 Å². The molecule has 0 fully saturated rings. The summed E-state index contributed by atoms with van der Waals surface area (Å²) in [6.07, 6.45) is -0.772. The van der Waals surface area contributed by atoms with E-state index in [9.17, 15) is 9.18 Å². The van der Waals surface area contributed by atoms with Gasteiger partial charge in [0.15, 0.2) is 0 Å². The van der Waals surface area contributed by atoms with E-state index >= 15 is 0 Å². The van der Waals surface area contributed by atoms with Gasteiger partial charge >= 0.3 is 0 Å². The summed E-state index contributed by atoms with van der Waals surface area (Å²) >= 11 is 3.34. The van der Waals surface area contributed by atoms with Gasteiger partial charge < -0.3 is 10.1 Å². The lowest BCUT2D eigenvalue weighted by Gasteiger charge is -2.16. The molecule has 5 heteroatoms. The minimum Gasteiger partial charge on any atom is -0.486 e. The Morgan fingerprint density at radius 2 is 2.18 bits per heavy atom. The predicted octanol–water partition coefficient (Wildman–Crippen LogP) is 3.67. The summed E-state index contributed by atoms with van der Waals surface area (Å²) in [6.45, 7) is -3.35. The maximum Gasteiger partial charge on any atom is 0.254 e. The van der Waals surface area contributed by atoms with Gasteiger partial charge in [0, 0.05) is 21.1 Å². The first-order valence-corrected chi connectivity index (χ1v) is 7.53. The van der Waals surface area contributed by atoms with E-state index in [4.69, 9.17) is 8.85 Å². The molecule has 0 saturated heterocycles. The number of alkyl halides is 1. The van der Waals surface area contributed by atoms with Gasteiger partial charge in [-0.05, 0) is 17.7 Å². The zero-order valence-corrected chi connectivity index (χ0v) is 13.1. The molecule has 0 radical (unpaired) electrons. The number of carbonyl (C=O) groups is 1. The Balaban J connectivity index is 2.09. The number of carbonyl (C=O) groups excluding carboxylic acids is 1. The van der Waals surface area contributed by atoms with Crippen molar-refractivity contribution in [3.63, 3.8) is 0 Å². The fraction of sp³-hybridized carbons (Fsp3) is 0.235. The van der Waals surface area contributed by atoms with Crippen LogP contribution in [0.1, 0.15) is 31.5 Å². The van der Waals surface area contributed by atoms with Gasteiger partial charge in [0.05, 0.1) is 11.5 Å². The number of ether oxygens (including phenoxy) is 1. The molecule has 3 nitrogen and oxygen atoms in total. The van der Waals surface area contributed by atoms with Crippen molar-refractivity contribution >= 4 is 21.8 Å². The van der Waals surface area contributed by atoms with E-state index in [2.05, 4.69) is 15.9 Å². The molecular formula is C17H15BrFNO2. The van der Waals surface area contributed by atoms with Crippen molar-refractivity contribution < 1.29 is 18.0 Å².